The summed E-state index contributed by atoms with van der Waals surface area (Å²) in [5.74, 6) is -1.90. The molecule has 0 amide bonds. The third-order valence-corrected chi connectivity index (χ3v) is 7.89. The Kier molecular flexibility index (Phi) is 12.6. The molecule has 0 aliphatic rings. The first-order chi connectivity index (χ1) is 17.2. The number of nitrogens with zero attached hydrogens (tertiary/aromatic N) is 3. The minimum absolute atomic E-state index is 0.246. The van der Waals surface area contributed by atoms with Crippen LogP contribution in [0.4, 0.5) is 11.4 Å². The molecule has 2 rings (SSSR count). The van der Waals surface area contributed by atoms with Crippen molar-refractivity contribution in [3.05, 3.63) is 67.8 Å². The maximum Gasteiger partial charge on any atom is 0.337 e. The van der Waals surface area contributed by atoms with E-state index < -0.39 is 33.2 Å². The highest BCUT2D eigenvalue weighted by atomic mass is 33.1. The van der Waals surface area contributed by atoms with Gasteiger partial charge >= 0.3 is 11.9 Å². The molecule has 0 aliphatic carbocycles. The van der Waals surface area contributed by atoms with Crippen LogP contribution >= 0.6 is 33.3 Å². The largest absolute Gasteiger partial charge is 0.478 e. The number of nitro groups is 2. The van der Waals surface area contributed by atoms with E-state index in [9.17, 15) is 44.8 Å². The fourth-order valence-corrected chi connectivity index (χ4v) is 6.20. The molecular weight excluding hydrogens is 546 g/mol. The van der Waals surface area contributed by atoms with Crippen LogP contribution in [0.25, 0.3) is 0 Å². The van der Waals surface area contributed by atoms with Crippen LogP contribution in [0.3, 0.4) is 0 Å². The molecule has 37 heavy (non-hydrogen) atoms. The monoisotopic (exact) mass is 572 g/mol. The van der Waals surface area contributed by atoms with Gasteiger partial charge in [0.15, 0.2) is 5.12 Å². The third kappa shape index (κ3) is 10.4. The summed E-state index contributed by atoms with van der Waals surface area (Å²) < 4.78 is 0.935. The summed E-state index contributed by atoms with van der Waals surface area (Å²) in [5, 5.41) is 41.0. The van der Waals surface area contributed by atoms with Gasteiger partial charge in [-0.25, -0.2) is 9.59 Å². The van der Waals surface area contributed by atoms with E-state index in [2.05, 4.69) is 21.1 Å². The molecular formula is C22H26N3O9S3+. The van der Waals surface area contributed by atoms with Crippen molar-refractivity contribution in [2.24, 2.45) is 0 Å². The summed E-state index contributed by atoms with van der Waals surface area (Å²) in [7, 11) is 7.55. The molecule has 12 nitrogen and oxygen atoms in total. The van der Waals surface area contributed by atoms with Crippen LogP contribution < -0.4 is 0 Å². The first kappa shape index (κ1) is 31.9. The molecule has 0 saturated heterocycles. The number of carboxylic acids is 2. The van der Waals surface area contributed by atoms with Gasteiger partial charge in [-0.2, -0.15) is 0 Å². The Morgan fingerprint density at radius 3 is 1.54 bits per heavy atom. The van der Waals surface area contributed by atoms with E-state index in [0.717, 1.165) is 41.0 Å². The molecule has 0 saturated carbocycles. The van der Waals surface area contributed by atoms with Crippen LogP contribution in [0.1, 0.15) is 34.1 Å². The Morgan fingerprint density at radius 2 is 1.24 bits per heavy atom. The second-order valence-electron chi connectivity index (χ2n) is 8.19. The van der Waals surface area contributed by atoms with E-state index in [4.69, 9.17) is 0 Å². The lowest BCUT2D eigenvalue weighted by Gasteiger charge is -2.23. The van der Waals surface area contributed by atoms with Gasteiger partial charge in [-0.15, -0.1) is 0 Å². The molecule has 0 aromatic heterocycles. The van der Waals surface area contributed by atoms with Gasteiger partial charge < -0.3 is 14.7 Å². The van der Waals surface area contributed by atoms with Crippen LogP contribution in [0.15, 0.2) is 46.2 Å². The van der Waals surface area contributed by atoms with Gasteiger partial charge in [0.1, 0.15) is 9.79 Å². The number of nitro benzene ring substituents is 2. The zero-order valence-electron chi connectivity index (χ0n) is 20.4. The first-order valence-electron chi connectivity index (χ1n) is 10.5. The van der Waals surface area contributed by atoms with E-state index >= 15 is 0 Å². The number of hydrogen-bond donors (Lipinski definition) is 2. The quantitative estimate of drug-likeness (QED) is 0.158. The van der Waals surface area contributed by atoms with Crippen LogP contribution in [-0.2, 0) is 4.79 Å². The second kappa shape index (κ2) is 14.6. The molecule has 0 radical (unpaired) electrons. The zero-order valence-corrected chi connectivity index (χ0v) is 22.9. The van der Waals surface area contributed by atoms with Crippen molar-refractivity contribution in [3.63, 3.8) is 0 Å². The SMILES string of the molecule is CCC(=O)SCC[N+](C)(C)C.O=C(O)c1cccc([N+](=O)[O-])c1SSc1c(C(=O)O)cccc1[N+](=O)[O-]. The van der Waals surface area contributed by atoms with Crippen LogP contribution in [0.5, 0.6) is 0 Å². The molecule has 2 N–H and O–H groups in total. The van der Waals surface area contributed by atoms with E-state index in [1.807, 2.05) is 6.92 Å². The molecule has 0 atom stereocenters. The molecule has 0 unspecified atom stereocenters. The Hall–Kier alpha value is -3.14. The maximum absolute atomic E-state index is 11.3. The topological polar surface area (TPSA) is 178 Å². The summed E-state index contributed by atoms with van der Waals surface area (Å²) in [4.78, 5) is 53.7. The summed E-state index contributed by atoms with van der Waals surface area (Å²) in [6, 6.07) is 6.87. The zero-order chi connectivity index (χ0) is 28.3. The van der Waals surface area contributed by atoms with Crippen molar-refractivity contribution < 1.29 is 38.9 Å². The van der Waals surface area contributed by atoms with Gasteiger partial charge in [0, 0.05) is 18.6 Å². The van der Waals surface area contributed by atoms with Crippen molar-refractivity contribution in [1.29, 1.82) is 0 Å². The molecule has 0 fully saturated rings. The second-order valence-corrected chi connectivity index (χ2v) is 11.5. The first-order valence-corrected chi connectivity index (χ1v) is 13.6. The maximum atomic E-state index is 11.3. The van der Waals surface area contributed by atoms with Gasteiger partial charge in [0.25, 0.3) is 11.4 Å². The molecule has 0 heterocycles. The van der Waals surface area contributed by atoms with Crippen LogP contribution in [0, 0.1) is 20.2 Å². The Balaban J connectivity index is 0.000000525. The fourth-order valence-electron chi connectivity index (χ4n) is 2.47. The van der Waals surface area contributed by atoms with Crippen LogP contribution in [0.2, 0.25) is 0 Å². The highest BCUT2D eigenvalue weighted by molar-refractivity contribution is 8.76. The van der Waals surface area contributed by atoms with E-state index in [1.165, 1.54) is 23.9 Å². The lowest BCUT2D eigenvalue weighted by atomic mass is 10.2. The number of benzene rings is 2. The number of aromatic carboxylic acids is 2. The Labute approximate surface area is 224 Å². The number of thioether (sulfide) groups is 1. The van der Waals surface area contributed by atoms with Gasteiger partial charge in [0.05, 0.1) is 54.4 Å². The predicted octanol–water partition coefficient (Wildman–Crippen LogP) is 5.06. The minimum Gasteiger partial charge on any atom is -0.478 e. The number of carbonyl (C=O) groups excluding carboxylic acids is 1. The molecule has 0 aliphatic heterocycles. The van der Waals surface area contributed by atoms with Gasteiger partial charge in [-0.3, -0.25) is 25.0 Å². The Morgan fingerprint density at radius 1 is 0.838 bits per heavy atom. The third-order valence-electron chi connectivity index (χ3n) is 4.36. The predicted molar refractivity (Wildman–Crippen MR) is 142 cm³/mol. The smallest absolute Gasteiger partial charge is 0.337 e. The molecule has 2 aromatic carbocycles. The van der Waals surface area contributed by atoms with Crippen LogP contribution in [-0.4, -0.2) is 75.0 Å². The molecule has 15 heteroatoms. The van der Waals surface area contributed by atoms with Crippen molar-refractivity contribution in [3.8, 4) is 0 Å². The number of rotatable bonds is 11. The van der Waals surface area contributed by atoms with Gasteiger partial charge in [0.2, 0.25) is 0 Å². The molecule has 200 valence electrons. The number of quaternary nitrogens is 1. The fraction of sp³-hybridized carbons (Fsp3) is 0.318. The van der Waals surface area contributed by atoms with Crippen molar-refractivity contribution in [1.82, 2.24) is 0 Å². The van der Waals surface area contributed by atoms with Crippen molar-refractivity contribution in [2.75, 3.05) is 33.4 Å². The molecule has 2 aromatic rings. The number of hydrogen-bond acceptors (Lipinski definition) is 10. The van der Waals surface area contributed by atoms with Gasteiger partial charge in [-0.05, 0) is 33.7 Å². The lowest BCUT2D eigenvalue weighted by molar-refractivity contribution is -0.867. The summed E-state index contributed by atoms with van der Waals surface area (Å²) in [6.07, 6.45) is 0.655. The highest BCUT2D eigenvalue weighted by Crippen LogP contribution is 2.47. The normalized spacial score (nSPS) is 10.7. The van der Waals surface area contributed by atoms with Gasteiger partial charge in [-0.1, -0.05) is 30.8 Å². The van der Waals surface area contributed by atoms with Crippen molar-refractivity contribution >= 4 is 61.8 Å². The van der Waals surface area contributed by atoms with E-state index in [0.29, 0.717) is 33.1 Å². The molecule has 0 bridgehead atoms. The average Bonchev–Trinajstić information content (AvgIpc) is 2.81. The number of carbonyl (C=O) groups is 3. The van der Waals surface area contributed by atoms with Crippen molar-refractivity contribution in [2.45, 2.75) is 23.1 Å². The average molecular weight is 573 g/mol. The molecule has 0 spiro atoms. The van der Waals surface area contributed by atoms with E-state index in [-0.39, 0.29) is 20.9 Å². The summed E-state index contributed by atoms with van der Waals surface area (Å²) in [6.45, 7) is 2.96. The standard InChI is InChI=1S/C14H8N2O8S2.C8H18NOS/c17-13(18)7-3-1-5-9(15(21)22)11(7)25-26-12-8(14(19)20)4-2-6-10(12)16(23)24;1-5-8(10)11-7-6-9(2,3)4/h1-6H,(H,17,18)(H,19,20);5-7H2,1-4H3/q;+1. The summed E-state index contributed by atoms with van der Waals surface area (Å²) in [5.41, 5.74) is -1.74. The summed E-state index contributed by atoms with van der Waals surface area (Å²) >= 11 is 1.45. The Bertz CT molecular complexity index is 1040. The lowest BCUT2D eigenvalue weighted by Crippen LogP contribution is -2.36. The minimum atomic E-state index is -1.42. The number of carboxylic acid groups (broad SMARTS) is 2. The highest BCUT2D eigenvalue weighted by Gasteiger charge is 2.26. The van der Waals surface area contributed by atoms with E-state index in [1.54, 1.807) is 0 Å².